The smallest absolute Gasteiger partial charge is 0.349 e. The number of morpholine rings is 1. The number of carbonyl (C=O) groups is 2. The van der Waals surface area contributed by atoms with Gasteiger partial charge >= 0.3 is 11.9 Å². The quantitative estimate of drug-likeness (QED) is 0.716. The van der Waals surface area contributed by atoms with E-state index >= 15 is 0 Å². The molecular formula is C16H17Cl2NO6. The molecule has 1 heterocycles. The minimum absolute atomic E-state index is 0.281. The van der Waals surface area contributed by atoms with Crippen molar-refractivity contribution in [3.8, 4) is 0 Å². The van der Waals surface area contributed by atoms with Crippen LogP contribution in [0.3, 0.4) is 0 Å². The van der Waals surface area contributed by atoms with Crippen molar-refractivity contribution in [1.82, 2.24) is 5.06 Å². The minimum Gasteiger partial charge on any atom is -0.478 e. The number of carboxylic acid groups (broad SMARTS) is 1. The van der Waals surface area contributed by atoms with Gasteiger partial charge < -0.3 is 19.4 Å². The molecule has 0 aromatic heterocycles. The number of rotatable bonds is 7. The van der Waals surface area contributed by atoms with E-state index in [0.29, 0.717) is 36.3 Å². The Labute approximate surface area is 154 Å². The van der Waals surface area contributed by atoms with Crippen LogP contribution < -0.4 is 0 Å². The number of halogens is 2. The van der Waals surface area contributed by atoms with Crippen molar-refractivity contribution in [3.05, 3.63) is 46.0 Å². The molecule has 0 spiro atoms. The summed E-state index contributed by atoms with van der Waals surface area (Å²) in [6.07, 6.45) is 1.29. The molecule has 25 heavy (non-hydrogen) atoms. The summed E-state index contributed by atoms with van der Waals surface area (Å²) in [6, 6.07) is 5.16. The molecule has 1 atom stereocenters. The molecule has 0 bridgehead atoms. The van der Waals surface area contributed by atoms with E-state index < -0.39 is 11.9 Å². The Bertz CT molecular complexity index is 652. The number of hydrogen-bond donors (Lipinski definition) is 1. The van der Waals surface area contributed by atoms with Crippen molar-refractivity contribution in [1.29, 1.82) is 0 Å². The first kappa shape index (κ1) is 19.7. The summed E-state index contributed by atoms with van der Waals surface area (Å²) >= 11 is 11.9. The summed E-state index contributed by atoms with van der Waals surface area (Å²) in [5.41, 5.74) is 0.809. The second-order valence-electron chi connectivity index (χ2n) is 5.21. The third kappa shape index (κ3) is 7.01. The van der Waals surface area contributed by atoms with Crippen LogP contribution in [-0.4, -0.2) is 54.5 Å². The molecule has 1 unspecified atom stereocenters. The van der Waals surface area contributed by atoms with Crippen molar-refractivity contribution >= 4 is 35.1 Å². The number of nitrogens with zero attached hydrogens (tertiary/aromatic N) is 1. The Hall–Kier alpha value is -1.64. The van der Waals surface area contributed by atoms with Gasteiger partial charge in [0, 0.05) is 22.2 Å². The van der Waals surface area contributed by atoms with Gasteiger partial charge in [-0.1, -0.05) is 29.3 Å². The third-order valence-electron chi connectivity index (χ3n) is 3.26. The highest BCUT2D eigenvalue weighted by molar-refractivity contribution is 6.35. The Morgan fingerprint density at radius 3 is 2.88 bits per heavy atom. The zero-order chi connectivity index (χ0) is 18.2. The van der Waals surface area contributed by atoms with Crippen LogP contribution in [-0.2, 0) is 30.5 Å². The molecule has 1 aliphatic heterocycles. The van der Waals surface area contributed by atoms with Crippen molar-refractivity contribution < 1.29 is 29.0 Å². The lowest BCUT2D eigenvalue weighted by molar-refractivity contribution is -0.214. The van der Waals surface area contributed by atoms with Crippen LogP contribution in [0.1, 0.15) is 5.56 Å². The van der Waals surface area contributed by atoms with Gasteiger partial charge in [-0.25, -0.2) is 9.59 Å². The van der Waals surface area contributed by atoms with Crippen molar-refractivity contribution in [2.75, 3.05) is 26.3 Å². The Morgan fingerprint density at radius 1 is 1.36 bits per heavy atom. The Balaban J connectivity index is 1.75. The second-order valence-corrected chi connectivity index (χ2v) is 6.06. The van der Waals surface area contributed by atoms with Gasteiger partial charge in [-0.2, -0.15) is 0 Å². The molecule has 0 aliphatic carbocycles. The Kier molecular flexibility index (Phi) is 7.67. The van der Waals surface area contributed by atoms with E-state index in [4.69, 9.17) is 42.6 Å². The van der Waals surface area contributed by atoms with E-state index in [2.05, 4.69) is 0 Å². The lowest BCUT2D eigenvalue weighted by Crippen LogP contribution is -2.45. The average molecular weight is 390 g/mol. The number of hydrogen-bond acceptors (Lipinski definition) is 6. The van der Waals surface area contributed by atoms with Gasteiger partial charge in [0.2, 0.25) is 0 Å². The molecular weight excluding hydrogens is 373 g/mol. The fourth-order valence-corrected chi connectivity index (χ4v) is 2.58. The molecule has 1 N–H and O–H groups in total. The molecule has 1 fully saturated rings. The molecule has 7 nitrogen and oxygen atoms in total. The fourth-order valence-electron chi connectivity index (χ4n) is 2.11. The van der Waals surface area contributed by atoms with Crippen molar-refractivity contribution in [3.63, 3.8) is 0 Å². The molecule has 9 heteroatoms. The molecule has 136 valence electrons. The molecule has 0 amide bonds. The van der Waals surface area contributed by atoms with Gasteiger partial charge in [0.05, 0.1) is 39.0 Å². The van der Waals surface area contributed by atoms with Crippen molar-refractivity contribution in [2.45, 2.75) is 12.7 Å². The molecule has 1 aromatic carbocycles. The van der Waals surface area contributed by atoms with Crippen molar-refractivity contribution in [2.24, 2.45) is 0 Å². The topological polar surface area (TPSA) is 85.3 Å². The zero-order valence-corrected chi connectivity index (χ0v) is 14.7. The van der Waals surface area contributed by atoms with E-state index in [1.54, 1.807) is 18.2 Å². The standard InChI is InChI=1S/C16H17Cl2NO6/c17-12-2-1-11(14(18)7-12)9-23-10-13-8-19(5-6-24-13)25-16(22)4-3-15(20)21/h1-4,7,13H,5-6,8-10H2,(H,20,21)/b4-3-. The van der Waals surface area contributed by atoms with E-state index in [1.165, 1.54) is 5.06 Å². The summed E-state index contributed by atoms with van der Waals surface area (Å²) in [4.78, 5) is 26.9. The highest BCUT2D eigenvalue weighted by atomic mass is 35.5. The number of aliphatic carboxylic acids is 1. The molecule has 2 rings (SSSR count). The monoisotopic (exact) mass is 389 g/mol. The molecule has 1 aromatic rings. The number of ether oxygens (including phenoxy) is 2. The van der Waals surface area contributed by atoms with Crippen LogP contribution >= 0.6 is 23.2 Å². The van der Waals surface area contributed by atoms with Gasteiger partial charge in [0.1, 0.15) is 0 Å². The van der Waals surface area contributed by atoms with E-state index in [9.17, 15) is 9.59 Å². The first-order valence-electron chi connectivity index (χ1n) is 7.45. The second kappa shape index (κ2) is 9.74. The number of hydroxylamine groups is 2. The van der Waals surface area contributed by atoms with Crippen LogP contribution in [0, 0.1) is 0 Å². The molecule has 0 saturated carbocycles. The van der Waals surface area contributed by atoms with E-state index in [-0.39, 0.29) is 12.7 Å². The minimum atomic E-state index is -1.22. The first-order chi connectivity index (χ1) is 11.9. The largest absolute Gasteiger partial charge is 0.478 e. The fraction of sp³-hybridized carbons (Fsp3) is 0.375. The van der Waals surface area contributed by atoms with Crippen LogP contribution in [0.2, 0.25) is 10.0 Å². The predicted molar refractivity (Wildman–Crippen MR) is 90.3 cm³/mol. The summed E-state index contributed by atoms with van der Waals surface area (Å²) in [5, 5.41) is 11.0. The SMILES string of the molecule is O=C(O)/C=C\C(=O)ON1CCOC(COCc2ccc(Cl)cc2Cl)C1. The van der Waals surface area contributed by atoms with Gasteiger partial charge in [-0.3, -0.25) is 0 Å². The number of carbonyl (C=O) groups excluding carboxylic acids is 1. The molecule has 0 radical (unpaired) electrons. The highest BCUT2D eigenvalue weighted by Gasteiger charge is 2.23. The Morgan fingerprint density at radius 2 is 2.16 bits per heavy atom. The lowest BCUT2D eigenvalue weighted by atomic mass is 10.2. The lowest BCUT2D eigenvalue weighted by Gasteiger charge is -2.30. The average Bonchev–Trinajstić information content (AvgIpc) is 2.55. The zero-order valence-electron chi connectivity index (χ0n) is 13.2. The highest BCUT2D eigenvalue weighted by Crippen LogP contribution is 2.21. The summed E-state index contributed by atoms with van der Waals surface area (Å²) in [6.45, 7) is 1.67. The molecule has 1 saturated heterocycles. The maximum absolute atomic E-state index is 11.5. The van der Waals surface area contributed by atoms with Gasteiger partial charge in [-0.05, 0) is 17.7 Å². The maximum atomic E-state index is 11.5. The van der Waals surface area contributed by atoms with Crippen LogP contribution in [0.4, 0.5) is 0 Å². The van der Waals surface area contributed by atoms with Gasteiger partial charge in [-0.15, -0.1) is 5.06 Å². The summed E-state index contributed by atoms with van der Waals surface area (Å²) < 4.78 is 11.2. The summed E-state index contributed by atoms with van der Waals surface area (Å²) in [5.74, 6) is -1.97. The molecule has 1 aliphatic rings. The van der Waals surface area contributed by atoms with Crippen LogP contribution in [0.25, 0.3) is 0 Å². The summed E-state index contributed by atoms with van der Waals surface area (Å²) in [7, 11) is 0. The van der Waals surface area contributed by atoms with Crippen LogP contribution in [0.15, 0.2) is 30.4 Å². The predicted octanol–water partition coefficient (Wildman–Crippen LogP) is 2.31. The third-order valence-corrected chi connectivity index (χ3v) is 3.85. The van der Waals surface area contributed by atoms with Crippen LogP contribution in [0.5, 0.6) is 0 Å². The van der Waals surface area contributed by atoms with Gasteiger partial charge in [0.25, 0.3) is 0 Å². The number of benzene rings is 1. The van der Waals surface area contributed by atoms with E-state index in [1.807, 2.05) is 0 Å². The van der Waals surface area contributed by atoms with Gasteiger partial charge in [0.15, 0.2) is 0 Å². The van der Waals surface area contributed by atoms with E-state index in [0.717, 1.165) is 17.7 Å². The first-order valence-corrected chi connectivity index (χ1v) is 8.21. The normalized spacial score (nSPS) is 18.4. The maximum Gasteiger partial charge on any atom is 0.349 e. The number of carboxylic acids is 1.